The van der Waals surface area contributed by atoms with Crippen LogP contribution in [-0.4, -0.2) is 41.9 Å². The smallest absolute Gasteiger partial charge is 0.312 e. The monoisotopic (exact) mass is 396 g/mol. The number of carbonyl (C=O) groups excluding carboxylic acids is 3. The number of hydrogen-bond donors (Lipinski definition) is 0. The number of aryl methyl sites for hydroxylation is 1. The number of anilines is 1. The van der Waals surface area contributed by atoms with Crippen molar-refractivity contribution in [2.24, 2.45) is 5.92 Å². The number of carbonyl (C=O) groups is 3. The molecule has 0 N–H and O–H groups in total. The summed E-state index contributed by atoms with van der Waals surface area (Å²) in [5.41, 5.74) is 2.01. The number of likely N-dealkylation sites (tertiary alicyclic amines) is 1. The molecule has 2 aliphatic rings. The maximum Gasteiger partial charge on any atom is 0.312 e. The van der Waals surface area contributed by atoms with E-state index in [1.54, 1.807) is 35.1 Å². The number of nitrogens with zero attached hydrogens (tertiary/aromatic N) is 2. The van der Waals surface area contributed by atoms with Crippen LogP contribution in [0.5, 0.6) is 0 Å². The molecule has 1 saturated heterocycles. The van der Waals surface area contributed by atoms with Crippen LogP contribution in [0.1, 0.15) is 31.1 Å². The molecule has 0 unspecified atom stereocenters. The van der Waals surface area contributed by atoms with Crippen LogP contribution >= 0.6 is 0 Å². The molecule has 0 spiro atoms. The fourth-order valence-electron chi connectivity index (χ4n) is 3.98. The lowest BCUT2D eigenvalue weighted by Gasteiger charge is -2.31. The highest BCUT2D eigenvalue weighted by molar-refractivity contribution is 5.98. The standard InChI is InChI=1S/C22H24N2O5/c1-15(21(26)24-10-4-7-16-6-2-3-9-19(16)24)29-22(27)17-12-20(25)23(13-17)14-18-8-5-11-28-18/h2-3,5-6,8-9,11,15,17H,4,7,10,12-14H2,1H3/t15-,17-/m0/s1. The van der Waals surface area contributed by atoms with Gasteiger partial charge in [0.1, 0.15) is 5.76 Å². The Hall–Kier alpha value is -3.09. The van der Waals surface area contributed by atoms with E-state index in [1.807, 2.05) is 24.3 Å². The minimum absolute atomic E-state index is 0.0903. The van der Waals surface area contributed by atoms with E-state index >= 15 is 0 Å². The van der Waals surface area contributed by atoms with Gasteiger partial charge in [-0.25, -0.2) is 0 Å². The van der Waals surface area contributed by atoms with E-state index in [1.165, 1.54) is 0 Å². The van der Waals surface area contributed by atoms with Gasteiger partial charge in [-0.2, -0.15) is 0 Å². The molecule has 1 aromatic carbocycles. The summed E-state index contributed by atoms with van der Waals surface area (Å²) in [6.45, 7) is 2.80. The van der Waals surface area contributed by atoms with Crippen molar-refractivity contribution in [1.82, 2.24) is 4.90 Å². The van der Waals surface area contributed by atoms with Crippen molar-refractivity contribution < 1.29 is 23.5 Å². The number of rotatable bonds is 5. The first-order valence-electron chi connectivity index (χ1n) is 9.93. The van der Waals surface area contributed by atoms with E-state index in [9.17, 15) is 14.4 Å². The van der Waals surface area contributed by atoms with Crippen molar-refractivity contribution in [3.8, 4) is 0 Å². The van der Waals surface area contributed by atoms with E-state index in [2.05, 4.69) is 0 Å². The third-order valence-corrected chi connectivity index (χ3v) is 5.49. The second-order valence-electron chi connectivity index (χ2n) is 7.56. The zero-order chi connectivity index (χ0) is 20.4. The molecule has 7 heteroatoms. The van der Waals surface area contributed by atoms with Gasteiger partial charge in [0.2, 0.25) is 5.91 Å². The Morgan fingerprint density at radius 1 is 1.24 bits per heavy atom. The quantitative estimate of drug-likeness (QED) is 0.726. The topological polar surface area (TPSA) is 80.1 Å². The molecule has 0 aliphatic carbocycles. The maximum atomic E-state index is 12.9. The van der Waals surface area contributed by atoms with Gasteiger partial charge in [-0.05, 0) is 43.5 Å². The summed E-state index contributed by atoms with van der Waals surface area (Å²) in [7, 11) is 0. The molecule has 2 amide bonds. The molecule has 0 radical (unpaired) electrons. The van der Waals surface area contributed by atoms with Crippen LogP contribution in [0.4, 0.5) is 5.69 Å². The highest BCUT2D eigenvalue weighted by Gasteiger charge is 2.37. The molecule has 1 fully saturated rings. The van der Waals surface area contributed by atoms with Gasteiger partial charge in [0.25, 0.3) is 5.91 Å². The van der Waals surface area contributed by atoms with Gasteiger partial charge in [0, 0.05) is 25.2 Å². The number of esters is 1. The number of hydrogen-bond acceptors (Lipinski definition) is 5. The largest absolute Gasteiger partial charge is 0.467 e. The van der Waals surface area contributed by atoms with Crippen LogP contribution in [0.25, 0.3) is 0 Å². The molecule has 1 aromatic heterocycles. The summed E-state index contributed by atoms with van der Waals surface area (Å²) in [5.74, 6) is -0.762. The number of fused-ring (bicyclic) bond motifs is 1. The van der Waals surface area contributed by atoms with Crippen molar-refractivity contribution in [3.05, 3.63) is 54.0 Å². The number of ether oxygens (including phenoxy) is 1. The average molecular weight is 396 g/mol. The van der Waals surface area contributed by atoms with E-state index in [4.69, 9.17) is 9.15 Å². The normalized spacial score (nSPS) is 19.8. The third kappa shape index (κ3) is 4.04. The molecule has 0 bridgehead atoms. The maximum absolute atomic E-state index is 12.9. The number of benzene rings is 1. The molecule has 152 valence electrons. The number of para-hydroxylation sites is 1. The average Bonchev–Trinajstić information content (AvgIpc) is 3.37. The van der Waals surface area contributed by atoms with E-state index in [-0.39, 0.29) is 24.8 Å². The predicted molar refractivity (Wildman–Crippen MR) is 105 cm³/mol. The Labute approximate surface area is 169 Å². The summed E-state index contributed by atoms with van der Waals surface area (Å²) >= 11 is 0. The highest BCUT2D eigenvalue weighted by atomic mass is 16.5. The second kappa shape index (κ2) is 8.11. The molecule has 7 nitrogen and oxygen atoms in total. The summed E-state index contributed by atoms with van der Waals surface area (Å²) < 4.78 is 10.7. The van der Waals surface area contributed by atoms with E-state index in [0.29, 0.717) is 18.8 Å². The van der Waals surface area contributed by atoms with Crippen LogP contribution in [0.15, 0.2) is 47.1 Å². The first-order chi connectivity index (χ1) is 14.0. The van der Waals surface area contributed by atoms with E-state index in [0.717, 1.165) is 24.1 Å². The van der Waals surface area contributed by atoms with Gasteiger partial charge in [-0.1, -0.05) is 18.2 Å². The molecule has 3 heterocycles. The number of furan rings is 1. The minimum Gasteiger partial charge on any atom is -0.467 e. The Balaban J connectivity index is 1.36. The molecule has 29 heavy (non-hydrogen) atoms. The van der Waals surface area contributed by atoms with Gasteiger partial charge in [0.15, 0.2) is 6.10 Å². The van der Waals surface area contributed by atoms with Crippen LogP contribution in [0.3, 0.4) is 0 Å². The zero-order valence-corrected chi connectivity index (χ0v) is 16.4. The molecular formula is C22H24N2O5. The summed E-state index contributed by atoms with van der Waals surface area (Å²) in [5, 5.41) is 0. The van der Waals surface area contributed by atoms with Crippen LogP contribution in [0, 0.1) is 5.92 Å². The Kier molecular flexibility index (Phi) is 5.38. The van der Waals surface area contributed by atoms with Crippen molar-refractivity contribution >= 4 is 23.5 Å². The molecule has 2 atom stereocenters. The van der Waals surface area contributed by atoms with Gasteiger partial charge >= 0.3 is 5.97 Å². The molecule has 2 aliphatic heterocycles. The highest BCUT2D eigenvalue weighted by Crippen LogP contribution is 2.28. The van der Waals surface area contributed by atoms with Gasteiger partial charge < -0.3 is 19.0 Å². The van der Waals surface area contributed by atoms with Crippen LogP contribution in [-0.2, 0) is 32.1 Å². The third-order valence-electron chi connectivity index (χ3n) is 5.49. The second-order valence-corrected chi connectivity index (χ2v) is 7.56. The van der Waals surface area contributed by atoms with Crippen molar-refractivity contribution in [3.63, 3.8) is 0 Å². The number of amides is 2. The summed E-state index contributed by atoms with van der Waals surface area (Å²) in [4.78, 5) is 41.0. The van der Waals surface area contributed by atoms with E-state index < -0.39 is 18.0 Å². The zero-order valence-electron chi connectivity index (χ0n) is 16.4. The Bertz CT molecular complexity index is 908. The predicted octanol–water partition coefficient (Wildman–Crippen LogP) is 2.54. The molecule has 4 rings (SSSR count). The summed E-state index contributed by atoms with van der Waals surface area (Å²) in [6.07, 6.45) is 2.55. The van der Waals surface area contributed by atoms with Crippen LogP contribution in [0.2, 0.25) is 0 Å². The Morgan fingerprint density at radius 3 is 2.86 bits per heavy atom. The van der Waals surface area contributed by atoms with Gasteiger partial charge in [0.05, 0.1) is 18.7 Å². The summed E-state index contributed by atoms with van der Waals surface area (Å²) in [6, 6.07) is 11.3. The van der Waals surface area contributed by atoms with Crippen molar-refractivity contribution in [1.29, 1.82) is 0 Å². The molecule has 0 saturated carbocycles. The van der Waals surface area contributed by atoms with Crippen molar-refractivity contribution in [2.45, 2.75) is 38.8 Å². The van der Waals surface area contributed by atoms with Gasteiger partial charge in [-0.3, -0.25) is 14.4 Å². The van der Waals surface area contributed by atoms with Crippen LogP contribution < -0.4 is 4.90 Å². The fraction of sp³-hybridized carbons (Fsp3) is 0.409. The lowest BCUT2D eigenvalue weighted by Crippen LogP contribution is -2.43. The molecule has 2 aromatic rings. The van der Waals surface area contributed by atoms with Gasteiger partial charge in [-0.15, -0.1) is 0 Å². The first-order valence-corrected chi connectivity index (χ1v) is 9.93. The minimum atomic E-state index is -0.900. The Morgan fingerprint density at radius 2 is 2.07 bits per heavy atom. The molecular weight excluding hydrogens is 372 g/mol. The lowest BCUT2D eigenvalue weighted by atomic mass is 10.0. The first kappa shape index (κ1) is 19.2. The fourth-order valence-corrected chi connectivity index (χ4v) is 3.98. The lowest BCUT2D eigenvalue weighted by molar-refractivity contribution is -0.157. The van der Waals surface area contributed by atoms with Crippen molar-refractivity contribution in [2.75, 3.05) is 18.0 Å². The SMILES string of the molecule is C[C@H](OC(=O)[C@H]1CC(=O)N(Cc2ccco2)C1)C(=O)N1CCCc2ccccc21.